The largest absolute Gasteiger partial charge is 0.468 e. The first-order valence-electron chi connectivity index (χ1n) is 8.71. The maximum Gasteiger partial charge on any atom is 0.418 e. The summed E-state index contributed by atoms with van der Waals surface area (Å²) in [6, 6.07) is 7.67. The minimum absolute atomic E-state index is 0.152. The van der Waals surface area contributed by atoms with Crippen LogP contribution in [0, 0.1) is 0 Å². The van der Waals surface area contributed by atoms with Crippen LogP contribution in [0.15, 0.2) is 59.5 Å². The van der Waals surface area contributed by atoms with Crippen molar-refractivity contribution in [1.82, 2.24) is 20.0 Å². The molecular weight excluding hydrogens is 387 g/mol. The summed E-state index contributed by atoms with van der Waals surface area (Å²) >= 11 is 0. The Labute approximate surface area is 165 Å². The Morgan fingerprint density at radius 2 is 2.07 bits per heavy atom. The van der Waals surface area contributed by atoms with Crippen molar-refractivity contribution < 1.29 is 22.4 Å². The number of furan rings is 1. The molecule has 0 aliphatic carbocycles. The lowest BCUT2D eigenvalue weighted by molar-refractivity contribution is -0.136. The van der Waals surface area contributed by atoms with E-state index in [1.54, 1.807) is 18.2 Å². The van der Waals surface area contributed by atoms with Gasteiger partial charge < -0.3 is 15.1 Å². The molecule has 3 rings (SSSR count). The first-order chi connectivity index (χ1) is 13.8. The van der Waals surface area contributed by atoms with Crippen molar-refractivity contribution in [3.8, 4) is 5.69 Å². The van der Waals surface area contributed by atoms with Gasteiger partial charge in [-0.1, -0.05) is 0 Å². The highest BCUT2D eigenvalue weighted by atomic mass is 19.4. The summed E-state index contributed by atoms with van der Waals surface area (Å²) in [5, 5.41) is 8.79. The number of urea groups is 1. The molecule has 154 valence electrons. The van der Waals surface area contributed by atoms with Crippen LogP contribution in [-0.2, 0) is 6.18 Å². The summed E-state index contributed by atoms with van der Waals surface area (Å²) in [7, 11) is 3.62. The van der Waals surface area contributed by atoms with E-state index in [9.17, 15) is 18.0 Å². The van der Waals surface area contributed by atoms with Crippen LogP contribution in [0.25, 0.3) is 5.69 Å². The molecule has 1 aromatic carbocycles. The average molecular weight is 407 g/mol. The number of carbonyl (C=O) groups is 1. The topological polar surface area (TPSA) is 75.3 Å². The average Bonchev–Trinajstić information content (AvgIpc) is 3.35. The van der Waals surface area contributed by atoms with E-state index < -0.39 is 17.8 Å². The Morgan fingerprint density at radius 1 is 1.28 bits per heavy atom. The van der Waals surface area contributed by atoms with Crippen LogP contribution in [-0.4, -0.2) is 41.4 Å². The number of aromatic nitrogens is 2. The van der Waals surface area contributed by atoms with Gasteiger partial charge in [-0.25, -0.2) is 9.48 Å². The van der Waals surface area contributed by atoms with Crippen molar-refractivity contribution >= 4 is 11.7 Å². The van der Waals surface area contributed by atoms with Crippen LogP contribution in [0.2, 0.25) is 0 Å². The summed E-state index contributed by atoms with van der Waals surface area (Å²) in [5.74, 6) is 0.634. The minimum Gasteiger partial charge on any atom is -0.468 e. The van der Waals surface area contributed by atoms with Crippen molar-refractivity contribution in [2.75, 3.05) is 26.0 Å². The van der Waals surface area contributed by atoms with Crippen molar-refractivity contribution in [2.24, 2.45) is 0 Å². The molecule has 0 fully saturated rings. The summed E-state index contributed by atoms with van der Waals surface area (Å²) in [6.45, 7) is 0.152. The number of rotatable bonds is 6. The van der Waals surface area contributed by atoms with Gasteiger partial charge in [-0.05, 0) is 50.5 Å². The molecule has 10 heteroatoms. The monoisotopic (exact) mass is 407 g/mol. The van der Waals surface area contributed by atoms with Crippen molar-refractivity contribution in [1.29, 1.82) is 0 Å². The van der Waals surface area contributed by atoms with E-state index >= 15 is 0 Å². The van der Waals surface area contributed by atoms with Crippen molar-refractivity contribution in [2.45, 2.75) is 12.2 Å². The zero-order valence-corrected chi connectivity index (χ0v) is 15.8. The number of amides is 2. The molecule has 0 saturated heterocycles. The molecule has 3 aromatic rings. The summed E-state index contributed by atoms with van der Waals surface area (Å²) in [6.07, 6.45) is -0.132. The van der Waals surface area contributed by atoms with E-state index in [2.05, 4.69) is 15.7 Å². The van der Waals surface area contributed by atoms with Crippen LogP contribution >= 0.6 is 0 Å². The molecule has 0 spiro atoms. The Hall–Kier alpha value is -3.27. The van der Waals surface area contributed by atoms with Gasteiger partial charge in [0.15, 0.2) is 0 Å². The third kappa shape index (κ3) is 4.96. The lowest BCUT2D eigenvalue weighted by Gasteiger charge is -2.23. The van der Waals surface area contributed by atoms with Gasteiger partial charge in [-0.15, -0.1) is 0 Å². The molecule has 1 atom stereocenters. The lowest BCUT2D eigenvalue weighted by atomic mass is 10.1. The SMILES string of the molecule is CN(C)C(CNC(=O)Nc1ccc(-n2cccn2)cc1C(F)(F)F)c1ccco1. The fourth-order valence-electron chi connectivity index (χ4n) is 2.81. The quantitative estimate of drug-likeness (QED) is 0.650. The van der Waals surface area contributed by atoms with Gasteiger partial charge in [0.05, 0.1) is 29.2 Å². The fourth-order valence-corrected chi connectivity index (χ4v) is 2.81. The predicted octanol–water partition coefficient (Wildman–Crippen LogP) is 3.91. The van der Waals surface area contributed by atoms with Crippen LogP contribution in [0.3, 0.4) is 0 Å². The van der Waals surface area contributed by atoms with Gasteiger partial charge >= 0.3 is 12.2 Å². The van der Waals surface area contributed by atoms with Gasteiger partial charge in [0.25, 0.3) is 0 Å². The van der Waals surface area contributed by atoms with Gasteiger partial charge in [-0.3, -0.25) is 4.90 Å². The molecule has 2 amide bonds. The highest BCUT2D eigenvalue weighted by molar-refractivity contribution is 5.90. The van der Waals surface area contributed by atoms with Gasteiger partial charge in [0, 0.05) is 18.9 Å². The second kappa shape index (κ2) is 8.39. The third-order valence-corrected chi connectivity index (χ3v) is 4.28. The number of likely N-dealkylation sites (N-methyl/N-ethyl adjacent to an activating group) is 1. The molecule has 29 heavy (non-hydrogen) atoms. The molecular formula is C19H20F3N5O2. The van der Waals surface area contributed by atoms with Crippen molar-refractivity contribution in [3.63, 3.8) is 0 Å². The highest BCUT2D eigenvalue weighted by Crippen LogP contribution is 2.36. The number of halogens is 3. The maximum absolute atomic E-state index is 13.5. The molecule has 1 unspecified atom stereocenters. The van der Waals surface area contributed by atoms with Crippen LogP contribution in [0.5, 0.6) is 0 Å². The van der Waals surface area contributed by atoms with Crippen LogP contribution in [0.1, 0.15) is 17.4 Å². The molecule has 2 N–H and O–H groups in total. The van der Waals surface area contributed by atoms with Gasteiger partial charge in [-0.2, -0.15) is 18.3 Å². The Bertz CT molecular complexity index is 937. The predicted molar refractivity (Wildman–Crippen MR) is 101 cm³/mol. The molecule has 2 aromatic heterocycles. The zero-order chi connectivity index (χ0) is 21.0. The molecule has 0 bridgehead atoms. The Morgan fingerprint density at radius 3 is 2.66 bits per heavy atom. The first-order valence-corrected chi connectivity index (χ1v) is 8.71. The molecule has 7 nitrogen and oxygen atoms in total. The number of benzene rings is 1. The Kier molecular flexibility index (Phi) is 5.92. The second-order valence-electron chi connectivity index (χ2n) is 6.51. The second-order valence-corrected chi connectivity index (χ2v) is 6.51. The van der Waals surface area contributed by atoms with E-state index in [1.807, 2.05) is 19.0 Å². The number of hydrogen-bond donors (Lipinski definition) is 2. The van der Waals surface area contributed by atoms with E-state index in [-0.39, 0.29) is 24.0 Å². The molecule has 0 saturated carbocycles. The normalized spacial score (nSPS) is 12.8. The smallest absolute Gasteiger partial charge is 0.418 e. The number of alkyl halides is 3. The fraction of sp³-hybridized carbons (Fsp3) is 0.263. The Balaban J connectivity index is 1.74. The van der Waals surface area contributed by atoms with E-state index in [1.165, 1.54) is 35.5 Å². The molecule has 0 radical (unpaired) electrons. The molecule has 0 aliphatic rings. The van der Waals surface area contributed by atoms with E-state index in [4.69, 9.17) is 4.42 Å². The van der Waals surface area contributed by atoms with E-state index in [0.29, 0.717) is 5.76 Å². The molecule has 0 aliphatic heterocycles. The number of hydrogen-bond acceptors (Lipinski definition) is 4. The standard InChI is InChI=1S/C19H20F3N5O2/c1-26(2)16(17-5-3-10-29-17)12-23-18(28)25-15-7-6-13(27-9-4-8-24-27)11-14(15)19(20,21)22/h3-11,16H,12H2,1-2H3,(H2,23,25,28). The maximum atomic E-state index is 13.5. The number of nitrogens with zero attached hydrogens (tertiary/aromatic N) is 3. The van der Waals surface area contributed by atoms with Crippen LogP contribution < -0.4 is 10.6 Å². The third-order valence-electron chi connectivity index (χ3n) is 4.28. The van der Waals surface area contributed by atoms with Crippen LogP contribution in [0.4, 0.5) is 23.7 Å². The van der Waals surface area contributed by atoms with E-state index in [0.717, 1.165) is 6.07 Å². The number of carbonyl (C=O) groups excluding carboxylic acids is 1. The minimum atomic E-state index is -4.65. The molecule has 2 heterocycles. The summed E-state index contributed by atoms with van der Waals surface area (Å²) in [5.41, 5.74) is -1.07. The van der Waals surface area contributed by atoms with Crippen molar-refractivity contribution in [3.05, 3.63) is 66.4 Å². The lowest BCUT2D eigenvalue weighted by Crippen LogP contribution is -2.37. The number of anilines is 1. The summed E-state index contributed by atoms with van der Waals surface area (Å²) in [4.78, 5) is 14.1. The van der Waals surface area contributed by atoms with Gasteiger partial charge in [0.1, 0.15) is 5.76 Å². The summed E-state index contributed by atoms with van der Waals surface area (Å²) < 4.78 is 47.2. The highest BCUT2D eigenvalue weighted by Gasteiger charge is 2.34. The number of nitrogens with one attached hydrogen (secondary N) is 2. The van der Waals surface area contributed by atoms with Gasteiger partial charge in [0.2, 0.25) is 0 Å². The zero-order valence-electron chi connectivity index (χ0n) is 15.8. The first kappa shape index (κ1) is 20.5.